The standard InChI is InChI=1S/C27H35N2O6PS/c1-6-32-36(31,33-7-2)17-23-18-37-27(28-23)29-26(30)22-14-24(34-19(3)4)16-25(15-22)35-20(5)13-21-11-9-8-10-12-21/h8-12,14-16,18-20H,6-7,13,17H2,1-5H3,(H,28,29,30)/t20-/m0/s1. The molecule has 37 heavy (non-hydrogen) atoms. The van der Waals surface area contributed by atoms with Crippen molar-refractivity contribution in [3.8, 4) is 11.5 Å². The average molecular weight is 547 g/mol. The summed E-state index contributed by atoms with van der Waals surface area (Å²) in [7, 11) is -3.29. The molecule has 0 radical (unpaired) electrons. The van der Waals surface area contributed by atoms with Crippen LogP contribution in [0.25, 0.3) is 0 Å². The Morgan fingerprint density at radius 3 is 2.27 bits per heavy atom. The van der Waals surface area contributed by atoms with E-state index in [-0.39, 0.29) is 37.5 Å². The lowest BCUT2D eigenvalue weighted by molar-refractivity contribution is 0.102. The maximum atomic E-state index is 13.1. The summed E-state index contributed by atoms with van der Waals surface area (Å²) in [6.07, 6.45) is 0.587. The van der Waals surface area contributed by atoms with Crippen LogP contribution in [0.5, 0.6) is 11.5 Å². The van der Waals surface area contributed by atoms with E-state index in [1.54, 1.807) is 37.4 Å². The smallest absolute Gasteiger partial charge is 0.336 e. The molecule has 1 aromatic heterocycles. The van der Waals surface area contributed by atoms with Gasteiger partial charge in [0.05, 0.1) is 37.3 Å². The van der Waals surface area contributed by atoms with Crippen molar-refractivity contribution in [1.29, 1.82) is 0 Å². The third-order valence-corrected chi connectivity index (χ3v) is 7.82. The van der Waals surface area contributed by atoms with Crippen molar-refractivity contribution in [3.63, 3.8) is 0 Å². The molecule has 0 spiro atoms. The molecule has 3 rings (SSSR count). The van der Waals surface area contributed by atoms with Gasteiger partial charge in [-0.2, -0.15) is 0 Å². The SMILES string of the molecule is CCOP(=O)(Cc1csc(NC(=O)c2cc(OC(C)C)cc(O[C@@H](C)Cc3ccccc3)c2)n1)OCC. The molecular weight excluding hydrogens is 511 g/mol. The van der Waals surface area contributed by atoms with Crippen molar-refractivity contribution in [3.05, 3.63) is 70.7 Å². The molecule has 10 heteroatoms. The van der Waals surface area contributed by atoms with Crippen LogP contribution in [0.2, 0.25) is 0 Å². The quantitative estimate of drug-likeness (QED) is 0.218. The first-order valence-corrected chi connectivity index (χ1v) is 15.0. The Kier molecular flexibility index (Phi) is 10.7. The summed E-state index contributed by atoms with van der Waals surface area (Å²) >= 11 is 1.24. The van der Waals surface area contributed by atoms with Crippen molar-refractivity contribution in [2.24, 2.45) is 0 Å². The summed E-state index contributed by atoms with van der Waals surface area (Å²) < 4.78 is 35.5. The number of rotatable bonds is 14. The van der Waals surface area contributed by atoms with E-state index < -0.39 is 7.60 Å². The largest absolute Gasteiger partial charge is 0.491 e. The Bertz CT molecular complexity index is 1190. The van der Waals surface area contributed by atoms with Crippen molar-refractivity contribution < 1.29 is 27.9 Å². The Hall–Kier alpha value is -2.71. The molecule has 0 aliphatic heterocycles. The highest BCUT2D eigenvalue weighted by Gasteiger charge is 2.26. The number of ether oxygens (including phenoxy) is 2. The monoisotopic (exact) mass is 546 g/mol. The molecule has 1 amide bonds. The number of thiazole rings is 1. The Labute approximate surface area is 222 Å². The van der Waals surface area contributed by atoms with Gasteiger partial charge in [-0.15, -0.1) is 11.3 Å². The van der Waals surface area contributed by atoms with Crippen LogP contribution in [0.4, 0.5) is 5.13 Å². The third-order valence-electron chi connectivity index (χ3n) is 5.00. The zero-order valence-corrected chi connectivity index (χ0v) is 23.6. The molecule has 0 fully saturated rings. The molecule has 0 unspecified atom stereocenters. The zero-order valence-electron chi connectivity index (χ0n) is 21.9. The first-order chi connectivity index (χ1) is 17.7. The molecule has 0 saturated heterocycles. The second kappa shape index (κ2) is 13.7. The van der Waals surface area contributed by atoms with Gasteiger partial charge < -0.3 is 18.5 Å². The van der Waals surface area contributed by atoms with E-state index in [9.17, 15) is 9.36 Å². The minimum absolute atomic E-state index is 0.0378. The fourth-order valence-corrected chi connectivity index (χ4v) is 6.09. The van der Waals surface area contributed by atoms with E-state index >= 15 is 0 Å². The van der Waals surface area contributed by atoms with Crippen LogP contribution in [0.1, 0.15) is 56.2 Å². The van der Waals surface area contributed by atoms with Crippen molar-refractivity contribution in [2.75, 3.05) is 18.5 Å². The number of carbonyl (C=O) groups is 1. The highest BCUT2D eigenvalue weighted by Crippen LogP contribution is 2.51. The lowest BCUT2D eigenvalue weighted by Crippen LogP contribution is -2.17. The van der Waals surface area contributed by atoms with Crippen LogP contribution in [0.3, 0.4) is 0 Å². The molecule has 1 atom stereocenters. The summed E-state index contributed by atoms with van der Waals surface area (Å²) in [5, 5.41) is 4.93. The van der Waals surface area contributed by atoms with Crippen LogP contribution in [-0.4, -0.2) is 36.3 Å². The summed E-state index contributed by atoms with van der Waals surface area (Å²) in [6.45, 7) is 9.90. The van der Waals surface area contributed by atoms with Gasteiger partial charge in [0.15, 0.2) is 5.13 Å². The van der Waals surface area contributed by atoms with Crippen LogP contribution >= 0.6 is 18.9 Å². The molecule has 2 aromatic carbocycles. The van der Waals surface area contributed by atoms with Gasteiger partial charge in [0, 0.05) is 23.4 Å². The zero-order chi connectivity index (χ0) is 26.8. The summed E-state index contributed by atoms with van der Waals surface area (Å²) in [5.41, 5.74) is 2.08. The molecule has 0 bridgehead atoms. The molecular formula is C27H35N2O6PS. The molecule has 1 N–H and O–H groups in total. The lowest BCUT2D eigenvalue weighted by Gasteiger charge is -2.18. The van der Waals surface area contributed by atoms with E-state index in [0.717, 1.165) is 6.42 Å². The predicted molar refractivity (Wildman–Crippen MR) is 147 cm³/mol. The van der Waals surface area contributed by atoms with Crippen LogP contribution in [0, 0.1) is 0 Å². The number of hydrogen-bond acceptors (Lipinski definition) is 8. The molecule has 0 aliphatic carbocycles. The normalized spacial score (nSPS) is 12.4. The van der Waals surface area contributed by atoms with Crippen LogP contribution in [-0.2, 0) is 26.2 Å². The van der Waals surface area contributed by atoms with Gasteiger partial charge in [0.25, 0.3) is 5.91 Å². The van der Waals surface area contributed by atoms with Gasteiger partial charge in [0.1, 0.15) is 11.5 Å². The van der Waals surface area contributed by atoms with E-state index in [2.05, 4.69) is 22.4 Å². The number of aromatic nitrogens is 1. The van der Waals surface area contributed by atoms with Crippen molar-refractivity contribution >= 4 is 30.0 Å². The average Bonchev–Trinajstić information content (AvgIpc) is 3.25. The number of hydrogen-bond donors (Lipinski definition) is 1. The molecule has 0 aliphatic rings. The highest BCUT2D eigenvalue weighted by molar-refractivity contribution is 7.53. The Morgan fingerprint density at radius 2 is 1.65 bits per heavy atom. The predicted octanol–water partition coefficient (Wildman–Crippen LogP) is 6.96. The van der Waals surface area contributed by atoms with Crippen molar-refractivity contribution in [1.82, 2.24) is 4.98 Å². The van der Waals surface area contributed by atoms with Gasteiger partial charge in [-0.1, -0.05) is 30.3 Å². The number of benzene rings is 2. The number of carbonyl (C=O) groups excluding carboxylic acids is 1. The number of anilines is 1. The fourth-order valence-electron chi connectivity index (χ4n) is 3.66. The second-order valence-electron chi connectivity index (χ2n) is 8.68. The van der Waals surface area contributed by atoms with Gasteiger partial charge >= 0.3 is 7.60 Å². The molecule has 1 heterocycles. The molecule has 0 saturated carbocycles. The summed E-state index contributed by atoms with van der Waals surface area (Å²) in [6, 6.07) is 15.2. The minimum Gasteiger partial charge on any atom is -0.491 e. The Morgan fingerprint density at radius 1 is 1.00 bits per heavy atom. The van der Waals surface area contributed by atoms with Crippen LogP contribution < -0.4 is 14.8 Å². The molecule has 3 aromatic rings. The first-order valence-electron chi connectivity index (χ1n) is 12.4. The van der Waals surface area contributed by atoms with E-state index in [4.69, 9.17) is 18.5 Å². The van der Waals surface area contributed by atoms with Gasteiger partial charge in [-0.3, -0.25) is 14.7 Å². The Balaban J connectivity index is 1.73. The van der Waals surface area contributed by atoms with Crippen molar-refractivity contribution in [2.45, 2.75) is 59.4 Å². The van der Waals surface area contributed by atoms with Crippen LogP contribution in [0.15, 0.2) is 53.9 Å². The summed E-state index contributed by atoms with van der Waals surface area (Å²) in [5.74, 6) is 0.730. The minimum atomic E-state index is -3.29. The number of nitrogens with zero attached hydrogens (tertiary/aromatic N) is 1. The third kappa shape index (κ3) is 9.27. The summed E-state index contributed by atoms with van der Waals surface area (Å²) in [4.78, 5) is 17.5. The fraction of sp³-hybridized carbons (Fsp3) is 0.407. The first kappa shape index (κ1) is 28.9. The number of amides is 1. The van der Waals surface area contributed by atoms with E-state index in [1.807, 2.05) is 39.0 Å². The highest BCUT2D eigenvalue weighted by atomic mass is 32.1. The maximum Gasteiger partial charge on any atom is 0.336 e. The van der Waals surface area contributed by atoms with Gasteiger partial charge in [-0.25, -0.2) is 4.98 Å². The number of nitrogens with one attached hydrogen (secondary N) is 1. The van der Waals surface area contributed by atoms with Gasteiger partial charge in [-0.05, 0) is 52.3 Å². The molecule has 200 valence electrons. The van der Waals surface area contributed by atoms with E-state index in [1.165, 1.54) is 16.9 Å². The topological polar surface area (TPSA) is 96.0 Å². The van der Waals surface area contributed by atoms with E-state index in [0.29, 0.717) is 27.9 Å². The van der Waals surface area contributed by atoms with Gasteiger partial charge in [0.2, 0.25) is 0 Å². The second-order valence-corrected chi connectivity index (χ2v) is 11.6. The maximum absolute atomic E-state index is 13.1. The molecule has 8 nitrogen and oxygen atoms in total. The lowest BCUT2D eigenvalue weighted by atomic mass is 10.1.